The Morgan fingerprint density at radius 1 is 1.35 bits per heavy atom. The van der Waals surface area contributed by atoms with Crippen molar-refractivity contribution < 1.29 is 9.53 Å². The van der Waals surface area contributed by atoms with Gasteiger partial charge in [0, 0.05) is 6.04 Å². The lowest BCUT2D eigenvalue weighted by atomic mass is 10.1. The number of rotatable bonds is 7. The van der Waals surface area contributed by atoms with E-state index in [4.69, 9.17) is 4.74 Å². The second-order valence-corrected chi connectivity index (χ2v) is 6.38. The van der Waals surface area contributed by atoms with Crippen molar-refractivity contribution in [2.24, 2.45) is 5.92 Å². The van der Waals surface area contributed by atoms with E-state index in [2.05, 4.69) is 34.7 Å². The Bertz CT molecular complexity index is 659. The Morgan fingerprint density at radius 2 is 2.09 bits per heavy atom. The van der Waals surface area contributed by atoms with Crippen molar-refractivity contribution in [3.8, 4) is 11.4 Å². The molecule has 1 unspecified atom stereocenters. The first kappa shape index (κ1) is 17.3. The van der Waals surface area contributed by atoms with Crippen molar-refractivity contribution in [2.45, 2.75) is 32.0 Å². The topological polar surface area (TPSA) is 81.9 Å². The number of ether oxygens (including phenoxy) is 1. The van der Waals surface area contributed by atoms with Crippen LogP contribution in [0.2, 0.25) is 0 Å². The van der Waals surface area contributed by atoms with Gasteiger partial charge in [-0.2, -0.15) is 4.68 Å². The van der Waals surface area contributed by atoms with Gasteiger partial charge in [0.1, 0.15) is 11.4 Å². The highest BCUT2D eigenvalue weighted by Crippen LogP contribution is 2.25. The third kappa shape index (κ3) is 4.44. The molecule has 0 fully saturated rings. The van der Waals surface area contributed by atoms with Crippen LogP contribution >= 0.6 is 11.8 Å². The predicted molar refractivity (Wildman–Crippen MR) is 88.9 cm³/mol. The normalized spacial score (nSPS) is 12.2. The summed E-state index contributed by atoms with van der Waals surface area (Å²) in [7, 11) is 1.59. The summed E-state index contributed by atoms with van der Waals surface area (Å²) in [4.78, 5) is 12.0. The average molecular weight is 335 g/mol. The van der Waals surface area contributed by atoms with Crippen LogP contribution in [0.15, 0.2) is 29.4 Å². The molecule has 8 heteroatoms. The molecule has 1 heterocycles. The monoisotopic (exact) mass is 335 g/mol. The number of hydrogen-bond donors (Lipinski definition) is 1. The molecule has 1 N–H and O–H groups in total. The summed E-state index contributed by atoms with van der Waals surface area (Å²) in [5, 5.41) is 15.2. The van der Waals surface area contributed by atoms with Crippen LogP contribution in [0.1, 0.15) is 20.8 Å². The standard InChI is InChI=1S/C15H21N5O2S/c1-10(2)11(3)16-14(21)9-23-15-17-18-19-20(15)12-7-5-6-8-13(12)22-4/h5-8,10-11H,9H2,1-4H3,(H,16,21). The number of para-hydroxylation sites is 2. The van der Waals surface area contributed by atoms with Crippen LogP contribution in [0, 0.1) is 5.92 Å². The van der Waals surface area contributed by atoms with Gasteiger partial charge in [-0.25, -0.2) is 0 Å². The number of benzene rings is 1. The highest BCUT2D eigenvalue weighted by Gasteiger charge is 2.16. The highest BCUT2D eigenvalue weighted by molar-refractivity contribution is 7.99. The van der Waals surface area contributed by atoms with Crippen molar-refractivity contribution in [1.29, 1.82) is 0 Å². The number of aromatic nitrogens is 4. The summed E-state index contributed by atoms with van der Waals surface area (Å²) < 4.78 is 6.90. The van der Waals surface area contributed by atoms with Gasteiger partial charge >= 0.3 is 0 Å². The first-order valence-corrected chi connectivity index (χ1v) is 8.35. The molecular formula is C15H21N5O2S. The number of amides is 1. The fourth-order valence-corrected chi connectivity index (χ4v) is 2.51. The van der Waals surface area contributed by atoms with Crippen molar-refractivity contribution in [2.75, 3.05) is 12.9 Å². The van der Waals surface area contributed by atoms with Crippen LogP contribution in [-0.2, 0) is 4.79 Å². The van der Waals surface area contributed by atoms with Gasteiger partial charge < -0.3 is 10.1 Å². The van der Waals surface area contributed by atoms with Gasteiger partial charge in [-0.1, -0.05) is 37.7 Å². The van der Waals surface area contributed by atoms with Gasteiger partial charge in [0.05, 0.1) is 12.9 Å². The minimum Gasteiger partial charge on any atom is -0.494 e. The Balaban J connectivity index is 2.06. The second-order valence-electron chi connectivity index (χ2n) is 5.43. The molecule has 7 nitrogen and oxygen atoms in total. The van der Waals surface area contributed by atoms with Gasteiger partial charge in [0.2, 0.25) is 11.1 Å². The number of methoxy groups -OCH3 is 1. The molecule has 0 aliphatic rings. The number of hydrogen-bond acceptors (Lipinski definition) is 6. The molecule has 2 aromatic rings. The number of thioether (sulfide) groups is 1. The van der Waals surface area contributed by atoms with Crippen LogP contribution in [0.3, 0.4) is 0 Å². The molecule has 1 amide bonds. The van der Waals surface area contributed by atoms with Crippen LogP contribution in [-0.4, -0.2) is 45.0 Å². The molecule has 0 spiro atoms. The molecule has 23 heavy (non-hydrogen) atoms. The quantitative estimate of drug-likeness (QED) is 0.779. The first-order valence-electron chi connectivity index (χ1n) is 7.37. The van der Waals surface area contributed by atoms with Crippen LogP contribution < -0.4 is 10.1 Å². The molecule has 0 radical (unpaired) electrons. The first-order chi connectivity index (χ1) is 11.0. The Morgan fingerprint density at radius 3 is 2.78 bits per heavy atom. The second kappa shape index (κ2) is 7.96. The van der Waals surface area contributed by atoms with E-state index in [1.165, 1.54) is 11.8 Å². The van der Waals surface area contributed by atoms with Gasteiger partial charge in [-0.05, 0) is 35.4 Å². The molecule has 0 aliphatic heterocycles. The maximum Gasteiger partial charge on any atom is 0.230 e. The summed E-state index contributed by atoms with van der Waals surface area (Å²) >= 11 is 1.29. The zero-order valence-corrected chi connectivity index (χ0v) is 14.5. The number of nitrogens with zero attached hydrogens (tertiary/aromatic N) is 4. The van der Waals surface area contributed by atoms with E-state index in [0.29, 0.717) is 16.8 Å². The fraction of sp³-hybridized carbons (Fsp3) is 0.467. The van der Waals surface area contributed by atoms with Gasteiger partial charge in [-0.15, -0.1) is 5.10 Å². The van der Waals surface area contributed by atoms with Crippen molar-refractivity contribution in [3.63, 3.8) is 0 Å². The molecule has 1 atom stereocenters. The Labute approximate surface area is 139 Å². The zero-order valence-electron chi connectivity index (χ0n) is 13.7. The van der Waals surface area contributed by atoms with E-state index >= 15 is 0 Å². The van der Waals surface area contributed by atoms with E-state index in [-0.39, 0.29) is 17.7 Å². The van der Waals surface area contributed by atoms with E-state index in [1.807, 2.05) is 31.2 Å². The van der Waals surface area contributed by atoms with Crippen molar-refractivity contribution in [1.82, 2.24) is 25.5 Å². The molecular weight excluding hydrogens is 314 g/mol. The number of tetrazole rings is 1. The molecule has 0 saturated carbocycles. The van der Waals surface area contributed by atoms with Crippen LogP contribution in [0.5, 0.6) is 5.75 Å². The molecule has 2 rings (SSSR count). The Kier molecular flexibility index (Phi) is 5.97. The zero-order chi connectivity index (χ0) is 16.8. The lowest BCUT2D eigenvalue weighted by molar-refractivity contribution is -0.119. The molecule has 0 saturated heterocycles. The van der Waals surface area contributed by atoms with Gasteiger partial charge in [0.15, 0.2) is 0 Å². The van der Waals surface area contributed by atoms with E-state index in [0.717, 1.165) is 5.69 Å². The molecule has 1 aromatic carbocycles. The summed E-state index contributed by atoms with van der Waals surface area (Å²) in [5.74, 6) is 1.28. The molecule has 0 aliphatic carbocycles. The van der Waals surface area contributed by atoms with Gasteiger partial charge in [0.25, 0.3) is 0 Å². The van der Waals surface area contributed by atoms with Crippen LogP contribution in [0.25, 0.3) is 5.69 Å². The Hall–Kier alpha value is -2.09. The maximum atomic E-state index is 12.0. The number of carbonyl (C=O) groups excluding carboxylic acids is 1. The maximum absolute atomic E-state index is 12.0. The predicted octanol–water partition coefficient (Wildman–Crippen LogP) is 1.92. The van der Waals surface area contributed by atoms with Gasteiger partial charge in [-0.3, -0.25) is 4.79 Å². The van der Waals surface area contributed by atoms with Crippen molar-refractivity contribution >= 4 is 17.7 Å². The summed E-state index contributed by atoms with van der Waals surface area (Å²) in [5.41, 5.74) is 0.735. The minimum atomic E-state index is -0.0363. The van der Waals surface area contributed by atoms with Crippen molar-refractivity contribution in [3.05, 3.63) is 24.3 Å². The lowest BCUT2D eigenvalue weighted by Crippen LogP contribution is -2.37. The SMILES string of the molecule is COc1ccccc1-n1nnnc1SCC(=O)NC(C)C(C)C. The fourth-order valence-electron chi connectivity index (χ4n) is 1.82. The van der Waals surface area contributed by atoms with E-state index < -0.39 is 0 Å². The third-order valence-electron chi connectivity index (χ3n) is 3.48. The summed E-state index contributed by atoms with van der Waals surface area (Å²) in [6.45, 7) is 6.13. The summed E-state index contributed by atoms with van der Waals surface area (Å²) in [6.07, 6.45) is 0. The average Bonchev–Trinajstić information content (AvgIpc) is 3.01. The molecule has 124 valence electrons. The van der Waals surface area contributed by atoms with E-state index in [1.54, 1.807) is 11.8 Å². The van der Waals surface area contributed by atoms with Crippen LogP contribution in [0.4, 0.5) is 0 Å². The van der Waals surface area contributed by atoms with E-state index in [9.17, 15) is 4.79 Å². The number of carbonyl (C=O) groups is 1. The minimum absolute atomic E-state index is 0.0363. The smallest absolute Gasteiger partial charge is 0.230 e. The molecule has 1 aromatic heterocycles. The summed E-state index contributed by atoms with van der Waals surface area (Å²) in [6, 6.07) is 7.58. The molecule has 0 bridgehead atoms. The lowest BCUT2D eigenvalue weighted by Gasteiger charge is -2.17. The largest absolute Gasteiger partial charge is 0.494 e. The highest BCUT2D eigenvalue weighted by atomic mass is 32.2. The third-order valence-corrected chi connectivity index (χ3v) is 4.39. The number of nitrogens with one attached hydrogen (secondary N) is 1.